The van der Waals surface area contributed by atoms with Crippen molar-refractivity contribution >= 4 is 16.7 Å². The standard InChI is InChI=1S/C33H29N5O2/c1-32(39)19-33(34,20-32)25-12-8-23(9-13-25)30-27(21-6-4-3-5-7-21)16-24-18-35-29-17-28(37-38(29)31(24)36-30)22-10-14-26(40-2)15-11-22/h3-18,39H,19-20,34H2,1-2H3/t32-,33+. The normalized spacial score (nSPS) is 20.5. The lowest BCUT2D eigenvalue weighted by Crippen LogP contribution is -2.58. The van der Waals surface area contributed by atoms with Crippen LogP contribution in [0.1, 0.15) is 25.3 Å². The molecule has 0 amide bonds. The predicted molar refractivity (Wildman–Crippen MR) is 157 cm³/mol. The molecular formula is C33H29N5O2. The third kappa shape index (κ3) is 4.11. The van der Waals surface area contributed by atoms with Crippen molar-refractivity contribution < 1.29 is 9.84 Å². The summed E-state index contributed by atoms with van der Waals surface area (Å²) >= 11 is 0. The molecule has 1 aliphatic rings. The summed E-state index contributed by atoms with van der Waals surface area (Å²) in [7, 11) is 1.66. The van der Waals surface area contributed by atoms with Crippen LogP contribution < -0.4 is 10.5 Å². The van der Waals surface area contributed by atoms with Crippen LogP contribution in [0.15, 0.2) is 97.2 Å². The van der Waals surface area contributed by atoms with Gasteiger partial charge in [0.2, 0.25) is 0 Å². The summed E-state index contributed by atoms with van der Waals surface area (Å²) < 4.78 is 7.12. The van der Waals surface area contributed by atoms with E-state index < -0.39 is 11.1 Å². The minimum Gasteiger partial charge on any atom is -0.497 e. The molecule has 3 aromatic carbocycles. The summed E-state index contributed by atoms with van der Waals surface area (Å²) in [5.74, 6) is 0.796. The summed E-state index contributed by atoms with van der Waals surface area (Å²) in [6, 6.07) is 30.4. The molecule has 7 heteroatoms. The second-order valence-corrected chi connectivity index (χ2v) is 11.0. The lowest BCUT2D eigenvalue weighted by molar-refractivity contribution is -0.0738. The summed E-state index contributed by atoms with van der Waals surface area (Å²) in [6.45, 7) is 1.84. The van der Waals surface area contributed by atoms with Gasteiger partial charge in [0.1, 0.15) is 5.75 Å². The van der Waals surface area contributed by atoms with Gasteiger partial charge in [-0.25, -0.2) is 9.97 Å². The van der Waals surface area contributed by atoms with Crippen LogP contribution in [-0.2, 0) is 5.54 Å². The van der Waals surface area contributed by atoms with E-state index in [9.17, 15) is 5.11 Å². The highest BCUT2D eigenvalue weighted by Crippen LogP contribution is 2.46. The van der Waals surface area contributed by atoms with Crippen LogP contribution in [0.4, 0.5) is 0 Å². The van der Waals surface area contributed by atoms with E-state index in [1.54, 1.807) is 7.11 Å². The van der Waals surface area contributed by atoms with Crippen molar-refractivity contribution in [1.29, 1.82) is 0 Å². The molecule has 1 aliphatic carbocycles. The summed E-state index contributed by atoms with van der Waals surface area (Å²) in [4.78, 5) is 9.90. The summed E-state index contributed by atoms with van der Waals surface area (Å²) in [5, 5.41) is 16.1. The molecule has 0 radical (unpaired) electrons. The fourth-order valence-electron chi connectivity index (χ4n) is 5.97. The van der Waals surface area contributed by atoms with E-state index in [0.717, 1.165) is 61.6 Å². The first-order valence-electron chi connectivity index (χ1n) is 13.3. The number of nitrogens with zero attached hydrogens (tertiary/aromatic N) is 4. The van der Waals surface area contributed by atoms with Crippen molar-refractivity contribution in [2.75, 3.05) is 7.11 Å². The molecule has 0 atom stereocenters. The molecule has 6 aromatic rings. The highest BCUT2D eigenvalue weighted by molar-refractivity contribution is 5.91. The number of rotatable bonds is 5. The van der Waals surface area contributed by atoms with Crippen molar-refractivity contribution in [2.24, 2.45) is 5.73 Å². The molecule has 7 rings (SSSR count). The van der Waals surface area contributed by atoms with E-state index in [1.807, 2.05) is 66.2 Å². The first-order valence-corrected chi connectivity index (χ1v) is 13.3. The topological polar surface area (TPSA) is 98.6 Å². The maximum absolute atomic E-state index is 10.3. The number of hydrogen-bond acceptors (Lipinski definition) is 6. The van der Waals surface area contributed by atoms with Crippen molar-refractivity contribution in [3.63, 3.8) is 0 Å². The highest BCUT2D eigenvalue weighted by atomic mass is 16.5. The molecule has 1 fully saturated rings. The minimum absolute atomic E-state index is 0.508. The fourth-order valence-corrected chi connectivity index (χ4v) is 5.97. The predicted octanol–water partition coefficient (Wildman–Crippen LogP) is 5.99. The summed E-state index contributed by atoms with van der Waals surface area (Å²) in [6.07, 6.45) is 2.95. The van der Waals surface area contributed by atoms with Crippen molar-refractivity contribution in [3.05, 3.63) is 103 Å². The van der Waals surface area contributed by atoms with E-state index in [-0.39, 0.29) is 0 Å². The third-order valence-corrected chi connectivity index (χ3v) is 7.85. The van der Waals surface area contributed by atoms with Crippen LogP contribution in [0, 0.1) is 0 Å². The van der Waals surface area contributed by atoms with Gasteiger partial charge in [-0.3, -0.25) is 0 Å². The van der Waals surface area contributed by atoms with Gasteiger partial charge in [0, 0.05) is 39.9 Å². The zero-order valence-corrected chi connectivity index (χ0v) is 22.4. The Morgan fingerprint density at radius 3 is 2.25 bits per heavy atom. The number of ether oxygens (including phenoxy) is 1. The SMILES string of the molecule is COc1ccc(-c2cc3ncc4cc(-c5ccccc5)c(-c5ccc([C@]6(N)C[C@@](C)(O)C6)cc5)nc4n3n2)cc1. The van der Waals surface area contributed by atoms with Crippen LogP contribution >= 0.6 is 0 Å². The number of methoxy groups -OCH3 is 1. The van der Waals surface area contributed by atoms with Crippen LogP contribution in [0.3, 0.4) is 0 Å². The number of nitrogens with two attached hydrogens (primary N) is 1. The van der Waals surface area contributed by atoms with Crippen molar-refractivity contribution in [1.82, 2.24) is 19.6 Å². The molecule has 3 aromatic heterocycles. The van der Waals surface area contributed by atoms with Crippen LogP contribution in [0.25, 0.3) is 50.3 Å². The van der Waals surface area contributed by atoms with E-state index in [2.05, 4.69) is 42.5 Å². The van der Waals surface area contributed by atoms with Gasteiger partial charge in [-0.2, -0.15) is 9.61 Å². The largest absolute Gasteiger partial charge is 0.497 e. The number of aromatic nitrogens is 4. The van der Waals surface area contributed by atoms with Crippen LogP contribution in [0.5, 0.6) is 5.75 Å². The van der Waals surface area contributed by atoms with Crippen molar-refractivity contribution in [3.8, 4) is 39.4 Å². The maximum atomic E-state index is 10.3. The molecule has 3 heterocycles. The van der Waals surface area contributed by atoms with Gasteiger partial charge in [-0.15, -0.1) is 0 Å². The second kappa shape index (κ2) is 8.98. The van der Waals surface area contributed by atoms with Crippen LogP contribution in [0.2, 0.25) is 0 Å². The summed E-state index contributed by atoms with van der Waals surface area (Å²) in [5.41, 5.74) is 13.6. The number of hydrogen-bond donors (Lipinski definition) is 2. The van der Waals surface area contributed by atoms with Gasteiger partial charge in [-0.05, 0) is 61.2 Å². The van der Waals surface area contributed by atoms with E-state index in [4.69, 9.17) is 25.5 Å². The zero-order chi connectivity index (χ0) is 27.5. The van der Waals surface area contributed by atoms with Gasteiger partial charge in [0.15, 0.2) is 11.3 Å². The van der Waals surface area contributed by atoms with E-state index in [1.165, 1.54) is 0 Å². The zero-order valence-electron chi connectivity index (χ0n) is 22.4. The fraction of sp³-hybridized carbons (Fsp3) is 0.182. The molecule has 0 saturated heterocycles. The first kappa shape index (κ1) is 24.5. The Morgan fingerprint density at radius 1 is 0.875 bits per heavy atom. The van der Waals surface area contributed by atoms with E-state index >= 15 is 0 Å². The number of pyridine rings is 1. The molecule has 7 nitrogen and oxygen atoms in total. The van der Waals surface area contributed by atoms with Gasteiger partial charge < -0.3 is 15.6 Å². The molecular weight excluding hydrogens is 498 g/mol. The molecule has 1 saturated carbocycles. The quantitative estimate of drug-likeness (QED) is 0.286. The Balaban J connectivity index is 1.37. The Labute approximate surface area is 231 Å². The monoisotopic (exact) mass is 527 g/mol. The Hall–Kier alpha value is -4.59. The van der Waals surface area contributed by atoms with Crippen molar-refractivity contribution in [2.45, 2.75) is 30.9 Å². The van der Waals surface area contributed by atoms with Gasteiger partial charge in [-0.1, -0.05) is 54.6 Å². The molecule has 40 heavy (non-hydrogen) atoms. The molecule has 0 unspecified atom stereocenters. The Kier molecular flexibility index (Phi) is 5.49. The third-order valence-electron chi connectivity index (χ3n) is 7.85. The van der Waals surface area contributed by atoms with Gasteiger partial charge in [0.05, 0.1) is 24.1 Å². The van der Waals surface area contributed by atoms with Gasteiger partial charge in [0.25, 0.3) is 0 Å². The second-order valence-electron chi connectivity index (χ2n) is 11.0. The molecule has 0 bridgehead atoms. The Morgan fingerprint density at radius 2 is 1.57 bits per heavy atom. The minimum atomic E-state index is -0.707. The number of fused-ring (bicyclic) bond motifs is 3. The maximum Gasteiger partial charge on any atom is 0.165 e. The smallest absolute Gasteiger partial charge is 0.165 e. The molecule has 198 valence electrons. The number of benzene rings is 3. The molecule has 3 N–H and O–H groups in total. The van der Waals surface area contributed by atoms with Crippen LogP contribution in [-0.4, -0.2) is 37.4 Å². The lowest BCUT2D eigenvalue weighted by atomic mass is 9.63. The average molecular weight is 528 g/mol. The molecule has 0 aliphatic heterocycles. The van der Waals surface area contributed by atoms with Gasteiger partial charge >= 0.3 is 0 Å². The number of aliphatic hydroxyl groups is 1. The average Bonchev–Trinajstić information content (AvgIpc) is 3.41. The van der Waals surface area contributed by atoms with E-state index in [0.29, 0.717) is 12.8 Å². The Bertz CT molecular complexity index is 1850. The first-order chi connectivity index (χ1) is 19.3. The lowest BCUT2D eigenvalue weighted by Gasteiger charge is -2.49. The highest BCUT2D eigenvalue weighted by Gasteiger charge is 2.49. The molecule has 0 spiro atoms.